The van der Waals surface area contributed by atoms with E-state index < -0.39 is 0 Å². The first kappa shape index (κ1) is 36.9. The van der Waals surface area contributed by atoms with Crippen LogP contribution in [0.25, 0.3) is 111 Å². The van der Waals surface area contributed by atoms with Crippen molar-refractivity contribution < 1.29 is 0 Å². The summed E-state index contributed by atoms with van der Waals surface area (Å²) in [4.78, 5) is 4.26. The summed E-state index contributed by atoms with van der Waals surface area (Å²) in [6, 6.07) is 86.2. The largest absolute Gasteiger partial charge is 0.265 e. The summed E-state index contributed by atoms with van der Waals surface area (Å²) in [5.74, 6) is 0. The second-order valence-corrected chi connectivity index (χ2v) is 15.8. The van der Waals surface area contributed by atoms with Crippen LogP contribution < -0.4 is 0 Å². The topological polar surface area (TPSA) is 12.9 Å². The van der Waals surface area contributed by atoms with Gasteiger partial charge in [-0.2, -0.15) is 0 Å². The van der Waals surface area contributed by atoms with E-state index in [1.54, 1.807) is 0 Å². The summed E-state index contributed by atoms with van der Waals surface area (Å²) in [7, 11) is 0. The van der Waals surface area contributed by atoms with Crippen molar-refractivity contribution in [3.63, 3.8) is 0 Å². The van der Waals surface area contributed by atoms with Gasteiger partial charge in [-0.05, 0) is 135 Å². The van der Waals surface area contributed by atoms with Crippen molar-refractivity contribution in [3.8, 4) is 89.0 Å². The minimum Gasteiger partial charge on any atom is -0.265 e. The van der Waals surface area contributed by atoms with Crippen molar-refractivity contribution in [1.29, 1.82) is 0 Å². The third kappa shape index (κ3) is 6.67. The van der Waals surface area contributed by atoms with Gasteiger partial charge in [-0.3, -0.25) is 4.98 Å². The van der Waals surface area contributed by atoms with E-state index in [0.29, 0.717) is 0 Å². The zero-order valence-electron chi connectivity index (χ0n) is 34.1. The van der Waals surface area contributed by atoms with E-state index in [4.69, 9.17) is 0 Å². The summed E-state index contributed by atoms with van der Waals surface area (Å²) in [5, 5.41) is 4.94. The molecule has 10 aromatic carbocycles. The molecule has 1 heteroatoms. The Morgan fingerprint density at radius 1 is 0.194 bits per heavy atom. The Balaban J connectivity index is 1.15. The van der Waals surface area contributed by atoms with Gasteiger partial charge in [-0.25, -0.2) is 0 Å². The lowest BCUT2D eigenvalue weighted by atomic mass is 9.78. The Bertz CT molecular complexity index is 3280. The van der Waals surface area contributed by atoms with E-state index in [1.807, 2.05) is 12.4 Å². The molecule has 1 heterocycles. The standard InChI is InChI=1S/C61H41N/c1-5-18-43(19-6-1)55-41-56(60(46-22-9-3-10-23-46)61(47-24-11-4-12-25-47)59(55)45-20-7-2-8-21-45)44-32-34-48(35-33-44)57-51-28-13-15-30-53(51)58(54-31-16-14-29-52(54)57)50-27-17-26-49(40-50)42-36-38-62-39-37-42/h1-41H. The molecule has 0 unspecified atom stereocenters. The van der Waals surface area contributed by atoms with Gasteiger partial charge in [-0.1, -0.05) is 212 Å². The summed E-state index contributed by atoms with van der Waals surface area (Å²) < 4.78 is 0. The van der Waals surface area contributed by atoms with Crippen molar-refractivity contribution in [1.82, 2.24) is 4.98 Å². The number of fused-ring (bicyclic) bond motifs is 2. The van der Waals surface area contributed by atoms with Gasteiger partial charge in [0.05, 0.1) is 0 Å². The van der Waals surface area contributed by atoms with Crippen molar-refractivity contribution in [2.45, 2.75) is 0 Å². The van der Waals surface area contributed by atoms with Crippen LogP contribution in [0.1, 0.15) is 0 Å². The molecule has 290 valence electrons. The molecule has 0 bridgehead atoms. The smallest absolute Gasteiger partial charge is 0.0273 e. The summed E-state index contributed by atoms with van der Waals surface area (Å²) in [5.41, 5.74) is 19.2. The highest BCUT2D eigenvalue weighted by Crippen LogP contribution is 2.51. The highest BCUT2D eigenvalue weighted by molar-refractivity contribution is 6.21. The second kappa shape index (κ2) is 16.1. The lowest BCUT2D eigenvalue weighted by molar-refractivity contribution is 1.33. The number of pyridine rings is 1. The Morgan fingerprint density at radius 3 is 1.02 bits per heavy atom. The summed E-state index contributed by atoms with van der Waals surface area (Å²) in [6.07, 6.45) is 3.72. The molecule has 0 amide bonds. The van der Waals surface area contributed by atoms with Gasteiger partial charge in [0.25, 0.3) is 0 Å². The minimum absolute atomic E-state index is 1.16. The van der Waals surface area contributed by atoms with Gasteiger partial charge in [0.2, 0.25) is 0 Å². The van der Waals surface area contributed by atoms with Crippen molar-refractivity contribution in [2.24, 2.45) is 0 Å². The van der Waals surface area contributed by atoms with Crippen molar-refractivity contribution in [2.75, 3.05) is 0 Å². The molecule has 0 fully saturated rings. The molecule has 0 spiro atoms. The van der Waals surface area contributed by atoms with Gasteiger partial charge in [0.15, 0.2) is 0 Å². The van der Waals surface area contributed by atoms with Crippen LogP contribution in [-0.4, -0.2) is 4.98 Å². The van der Waals surface area contributed by atoms with Crippen LogP contribution in [0.5, 0.6) is 0 Å². The zero-order chi connectivity index (χ0) is 41.2. The molecule has 0 aliphatic rings. The predicted octanol–water partition coefficient (Wildman–Crippen LogP) is 16.7. The predicted molar refractivity (Wildman–Crippen MR) is 263 cm³/mol. The first-order valence-electron chi connectivity index (χ1n) is 21.3. The number of nitrogens with zero attached hydrogens (tertiary/aromatic N) is 1. The highest BCUT2D eigenvalue weighted by atomic mass is 14.6. The molecule has 0 atom stereocenters. The first-order valence-corrected chi connectivity index (χ1v) is 21.3. The van der Waals surface area contributed by atoms with Crippen LogP contribution in [0.4, 0.5) is 0 Å². The number of aromatic nitrogens is 1. The molecule has 0 aliphatic heterocycles. The minimum atomic E-state index is 1.16. The van der Waals surface area contributed by atoms with Crippen molar-refractivity contribution >= 4 is 21.5 Å². The molecule has 1 nitrogen and oxygen atoms in total. The van der Waals surface area contributed by atoms with Gasteiger partial charge in [0.1, 0.15) is 0 Å². The molecular formula is C61H41N. The zero-order valence-corrected chi connectivity index (χ0v) is 34.1. The number of hydrogen-bond donors (Lipinski definition) is 0. The molecule has 11 rings (SSSR count). The van der Waals surface area contributed by atoms with E-state index in [1.165, 1.54) is 105 Å². The van der Waals surface area contributed by atoms with Crippen molar-refractivity contribution in [3.05, 3.63) is 249 Å². The molecule has 0 saturated carbocycles. The van der Waals surface area contributed by atoms with E-state index in [-0.39, 0.29) is 0 Å². The molecule has 0 N–H and O–H groups in total. The summed E-state index contributed by atoms with van der Waals surface area (Å²) >= 11 is 0. The summed E-state index contributed by atoms with van der Waals surface area (Å²) in [6.45, 7) is 0. The fraction of sp³-hybridized carbons (Fsp3) is 0. The third-order valence-electron chi connectivity index (χ3n) is 12.2. The fourth-order valence-electron chi connectivity index (χ4n) is 9.42. The van der Waals surface area contributed by atoms with E-state index in [2.05, 4.69) is 242 Å². The van der Waals surface area contributed by atoms with E-state index in [9.17, 15) is 0 Å². The molecule has 0 saturated heterocycles. The number of rotatable bonds is 8. The maximum absolute atomic E-state index is 4.26. The quantitative estimate of drug-likeness (QED) is 0.140. The Labute approximate surface area is 362 Å². The highest BCUT2D eigenvalue weighted by Gasteiger charge is 2.24. The van der Waals surface area contributed by atoms with Crippen LogP contribution in [0.3, 0.4) is 0 Å². The molecule has 11 aromatic rings. The Morgan fingerprint density at radius 2 is 0.532 bits per heavy atom. The van der Waals surface area contributed by atoms with Crippen LogP contribution >= 0.6 is 0 Å². The Kier molecular flexibility index (Phi) is 9.61. The molecule has 1 aromatic heterocycles. The monoisotopic (exact) mass is 787 g/mol. The van der Waals surface area contributed by atoms with Crippen LogP contribution in [0.2, 0.25) is 0 Å². The first-order chi connectivity index (χ1) is 30.8. The van der Waals surface area contributed by atoms with Crippen LogP contribution in [0, 0.1) is 0 Å². The second-order valence-electron chi connectivity index (χ2n) is 15.8. The lowest BCUT2D eigenvalue weighted by Gasteiger charge is -2.24. The van der Waals surface area contributed by atoms with Gasteiger partial charge < -0.3 is 0 Å². The Hall–Kier alpha value is -8.13. The molecular weight excluding hydrogens is 747 g/mol. The van der Waals surface area contributed by atoms with E-state index in [0.717, 1.165) is 5.56 Å². The lowest BCUT2D eigenvalue weighted by Crippen LogP contribution is -1.98. The number of hydrogen-bond acceptors (Lipinski definition) is 1. The normalized spacial score (nSPS) is 11.2. The maximum atomic E-state index is 4.26. The third-order valence-corrected chi connectivity index (χ3v) is 12.2. The maximum Gasteiger partial charge on any atom is 0.0273 e. The average Bonchev–Trinajstić information content (AvgIpc) is 3.36. The molecule has 62 heavy (non-hydrogen) atoms. The van der Waals surface area contributed by atoms with Gasteiger partial charge in [0, 0.05) is 12.4 Å². The average molecular weight is 788 g/mol. The van der Waals surface area contributed by atoms with E-state index >= 15 is 0 Å². The van der Waals surface area contributed by atoms with Gasteiger partial charge >= 0.3 is 0 Å². The molecule has 0 radical (unpaired) electrons. The number of benzene rings is 10. The SMILES string of the molecule is c1ccc(-c2cc(-c3ccc(-c4c5ccccc5c(-c5cccc(-c6ccncc6)c5)c5ccccc45)cc3)c(-c3ccccc3)c(-c3ccccc3)c2-c2ccccc2)cc1. The molecule has 0 aliphatic carbocycles. The van der Waals surface area contributed by atoms with Gasteiger partial charge in [-0.15, -0.1) is 0 Å². The fourth-order valence-corrected chi connectivity index (χ4v) is 9.42. The van der Waals surface area contributed by atoms with Crippen LogP contribution in [-0.2, 0) is 0 Å². The van der Waals surface area contributed by atoms with Crippen LogP contribution in [0.15, 0.2) is 249 Å².